The average Bonchev–Trinajstić information content (AvgIpc) is 3.24. The number of fused-ring (bicyclic) bond motifs is 6. The van der Waals surface area contributed by atoms with Crippen LogP contribution in [0.4, 0.5) is 11.6 Å². The van der Waals surface area contributed by atoms with Crippen LogP contribution in [0.1, 0.15) is 11.7 Å². The summed E-state index contributed by atoms with van der Waals surface area (Å²) in [5, 5.41) is 12.0. The summed E-state index contributed by atoms with van der Waals surface area (Å²) in [6.07, 6.45) is 7.09. The highest BCUT2D eigenvalue weighted by molar-refractivity contribution is 5.86. The molecule has 0 saturated heterocycles. The molecule has 0 saturated carbocycles. The Hall–Kier alpha value is -3.16. The van der Waals surface area contributed by atoms with E-state index in [9.17, 15) is 0 Å². The lowest BCUT2D eigenvalue weighted by molar-refractivity contribution is 0.641. The molecule has 0 N–H and O–H groups in total. The maximum absolute atomic E-state index is 4.67. The van der Waals surface area contributed by atoms with Crippen LogP contribution in [0.15, 0.2) is 48.0 Å². The highest BCUT2D eigenvalue weighted by Crippen LogP contribution is 2.42. The number of aromatic nitrogens is 5. The summed E-state index contributed by atoms with van der Waals surface area (Å²) in [6.45, 7) is 0. The van der Waals surface area contributed by atoms with Crippen LogP contribution in [0.5, 0.6) is 0 Å². The first-order valence-electron chi connectivity index (χ1n) is 6.92. The Balaban J connectivity index is 1.73. The number of imidazole rings is 1. The molecule has 4 heterocycles. The summed E-state index contributed by atoms with van der Waals surface area (Å²) >= 11 is 0. The molecule has 0 bridgehead atoms. The summed E-state index contributed by atoms with van der Waals surface area (Å²) < 4.78 is 3.78. The van der Waals surface area contributed by atoms with Gasteiger partial charge in [0.25, 0.3) is 0 Å². The highest BCUT2D eigenvalue weighted by Gasteiger charge is 2.38. The molecule has 8 heteroatoms. The fraction of sp³-hybridized carbons (Fsp3) is 0.143. The van der Waals surface area contributed by atoms with Crippen molar-refractivity contribution in [1.82, 2.24) is 24.5 Å². The Labute approximate surface area is 125 Å². The molecule has 1 unspecified atom stereocenters. The van der Waals surface area contributed by atoms with Gasteiger partial charge in [-0.25, -0.2) is 24.7 Å². The molecule has 8 nitrogen and oxygen atoms in total. The van der Waals surface area contributed by atoms with E-state index in [-0.39, 0.29) is 6.17 Å². The molecule has 1 aromatic carbocycles. The van der Waals surface area contributed by atoms with E-state index in [0.29, 0.717) is 0 Å². The molecule has 5 rings (SSSR count). The van der Waals surface area contributed by atoms with E-state index >= 15 is 0 Å². The van der Waals surface area contributed by atoms with Crippen LogP contribution in [0.3, 0.4) is 0 Å². The van der Waals surface area contributed by atoms with Crippen molar-refractivity contribution in [2.75, 3.05) is 10.0 Å². The van der Waals surface area contributed by atoms with Crippen molar-refractivity contribution < 1.29 is 0 Å². The van der Waals surface area contributed by atoms with Crippen molar-refractivity contribution in [3.63, 3.8) is 0 Å². The Morgan fingerprint density at radius 2 is 2.00 bits per heavy atom. The molecule has 1 atom stereocenters. The summed E-state index contributed by atoms with van der Waals surface area (Å²) in [7, 11) is 1.86. The summed E-state index contributed by atoms with van der Waals surface area (Å²) in [4.78, 5) is 8.98. The molecule has 2 aromatic heterocycles. The molecule has 0 fully saturated rings. The highest BCUT2D eigenvalue weighted by atomic mass is 15.7. The van der Waals surface area contributed by atoms with Crippen LogP contribution in [-0.4, -0.2) is 30.9 Å². The number of benzene rings is 1. The van der Waals surface area contributed by atoms with E-state index in [1.165, 1.54) is 0 Å². The van der Waals surface area contributed by atoms with Crippen molar-refractivity contribution in [1.29, 1.82) is 0 Å². The first kappa shape index (κ1) is 11.5. The molecule has 3 aromatic rings. The van der Waals surface area contributed by atoms with Crippen LogP contribution < -0.4 is 10.0 Å². The number of hydrogen-bond acceptors (Lipinski definition) is 6. The molecular weight excluding hydrogens is 280 g/mol. The number of anilines is 2. The lowest BCUT2D eigenvalue weighted by Crippen LogP contribution is -2.43. The maximum atomic E-state index is 4.67. The average molecular weight is 292 g/mol. The number of rotatable bonds is 1. The van der Waals surface area contributed by atoms with Gasteiger partial charge >= 0.3 is 0 Å². The number of aryl methyl sites for hydroxylation is 1. The quantitative estimate of drug-likeness (QED) is 0.676. The third-order valence-electron chi connectivity index (χ3n) is 4.03. The van der Waals surface area contributed by atoms with E-state index in [2.05, 4.69) is 42.0 Å². The second-order valence-corrected chi connectivity index (χ2v) is 5.22. The standard InChI is InChI=1S/C14H12N8/c1-19-12(7-17-18-19)21-9-16-14-10-4-2-3-5-11(10)20-8-15-6-13(20)22(14)21/h2-9,14H,1H3. The third-order valence-corrected chi connectivity index (χ3v) is 4.03. The Kier molecular flexibility index (Phi) is 2.06. The molecule has 22 heavy (non-hydrogen) atoms. The van der Waals surface area contributed by atoms with Gasteiger partial charge in [-0.3, -0.25) is 4.57 Å². The van der Waals surface area contributed by atoms with Gasteiger partial charge in [-0.15, -0.1) is 5.10 Å². The molecule has 0 amide bonds. The van der Waals surface area contributed by atoms with Crippen molar-refractivity contribution in [2.45, 2.75) is 6.17 Å². The van der Waals surface area contributed by atoms with Gasteiger partial charge in [-0.05, 0) is 6.07 Å². The van der Waals surface area contributed by atoms with Gasteiger partial charge < -0.3 is 0 Å². The fourth-order valence-corrected chi connectivity index (χ4v) is 3.04. The number of para-hydroxylation sites is 1. The largest absolute Gasteiger partial charge is 0.284 e. The van der Waals surface area contributed by atoms with Crippen LogP contribution in [0, 0.1) is 0 Å². The van der Waals surface area contributed by atoms with Gasteiger partial charge in [0, 0.05) is 12.6 Å². The predicted octanol–water partition coefficient (Wildman–Crippen LogP) is 1.28. The maximum Gasteiger partial charge on any atom is 0.171 e. The monoisotopic (exact) mass is 292 g/mol. The lowest BCUT2D eigenvalue weighted by atomic mass is 10.1. The predicted molar refractivity (Wildman–Crippen MR) is 80.8 cm³/mol. The minimum absolute atomic E-state index is 0.102. The summed E-state index contributed by atoms with van der Waals surface area (Å²) in [6, 6.07) is 8.24. The minimum atomic E-state index is -0.102. The van der Waals surface area contributed by atoms with Crippen molar-refractivity contribution in [3.8, 4) is 5.69 Å². The third kappa shape index (κ3) is 1.31. The minimum Gasteiger partial charge on any atom is -0.284 e. The zero-order chi connectivity index (χ0) is 14.7. The second kappa shape index (κ2) is 3.94. The van der Waals surface area contributed by atoms with Gasteiger partial charge in [-0.1, -0.05) is 23.4 Å². The summed E-state index contributed by atoms with van der Waals surface area (Å²) in [5.41, 5.74) is 2.25. The first-order valence-corrected chi connectivity index (χ1v) is 6.92. The molecule has 2 aliphatic rings. The van der Waals surface area contributed by atoms with Crippen LogP contribution in [0.2, 0.25) is 0 Å². The lowest BCUT2D eigenvalue weighted by Gasteiger charge is -2.37. The van der Waals surface area contributed by atoms with E-state index < -0.39 is 0 Å². The normalized spacial score (nSPS) is 18.3. The topological polar surface area (TPSA) is 67.4 Å². The smallest absolute Gasteiger partial charge is 0.171 e. The van der Waals surface area contributed by atoms with Crippen molar-refractivity contribution in [3.05, 3.63) is 48.5 Å². The van der Waals surface area contributed by atoms with E-state index in [1.807, 2.05) is 43.1 Å². The van der Waals surface area contributed by atoms with Gasteiger partial charge in [0.1, 0.15) is 12.7 Å². The molecule has 0 spiro atoms. The van der Waals surface area contributed by atoms with Crippen molar-refractivity contribution in [2.24, 2.45) is 12.0 Å². The van der Waals surface area contributed by atoms with E-state index in [1.54, 1.807) is 10.9 Å². The fourth-order valence-electron chi connectivity index (χ4n) is 3.04. The molecular formula is C14H12N8. The Bertz CT molecular complexity index is 892. The van der Waals surface area contributed by atoms with E-state index in [4.69, 9.17) is 0 Å². The molecule has 2 aliphatic heterocycles. The molecule has 108 valence electrons. The number of hydrogen-bond donors (Lipinski definition) is 0. The Morgan fingerprint density at radius 3 is 2.86 bits per heavy atom. The second-order valence-electron chi connectivity index (χ2n) is 5.22. The molecule has 0 aliphatic carbocycles. The summed E-state index contributed by atoms with van der Waals surface area (Å²) in [5.74, 6) is 1.81. The first-order chi connectivity index (χ1) is 10.8. The van der Waals surface area contributed by atoms with Crippen LogP contribution in [0.25, 0.3) is 5.69 Å². The zero-order valence-corrected chi connectivity index (χ0v) is 11.8. The van der Waals surface area contributed by atoms with Gasteiger partial charge in [0.2, 0.25) is 0 Å². The zero-order valence-electron chi connectivity index (χ0n) is 11.8. The number of aliphatic imine (C=N–C) groups is 1. The van der Waals surface area contributed by atoms with Crippen molar-refractivity contribution >= 4 is 18.0 Å². The number of nitrogens with zero attached hydrogens (tertiary/aromatic N) is 8. The van der Waals surface area contributed by atoms with Gasteiger partial charge in [-0.2, -0.15) is 0 Å². The van der Waals surface area contributed by atoms with Crippen LogP contribution in [-0.2, 0) is 7.05 Å². The molecule has 0 radical (unpaired) electrons. The Morgan fingerprint density at radius 1 is 1.09 bits per heavy atom. The number of hydrazine groups is 1. The SMILES string of the molecule is Cn1nncc1N1C=NC2c3ccccc3-n3cncc3N21. The van der Waals surface area contributed by atoms with Crippen LogP contribution >= 0.6 is 0 Å². The van der Waals surface area contributed by atoms with E-state index in [0.717, 1.165) is 22.9 Å². The van der Waals surface area contributed by atoms with Gasteiger partial charge in [0.15, 0.2) is 17.8 Å². The van der Waals surface area contributed by atoms with Gasteiger partial charge in [0.05, 0.1) is 18.1 Å².